The fourth-order valence-corrected chi connectivity index (χ4v) is 1.67. The molecule has 1 aromatic carbocycles. The second-order valence-electron chi connectivity index (χ2n) is 4.12. The Morgan fingerprint density at radius 1 is 1.52 bits per heavy atom. The summed E-state index contributed by atoms with van der Waals surface area (Å²) in [6, 6.07) is 8.79. The highest BCUT2D eigenvalue weighted by Crippen LogP contribution is 2.13. The van der Waals surface area contributed by atoms with Crippen LogP contribution >= 0.6 is 0 Å². The first-order valence-electron chi connectivity index (χ1n) is 6.08. The molecule has 2 rings (SSSR count). The molecule has 0 bridgehead atoms. The van der Waals surface area contributed by atoms with Crippen LogP contribution in [0.25, 0.3) is 0 Å². The number of hydrogen-bond donors (Lipinski definition) is 2. The maximum absolute atomic E-state index is 11.9. The molecule has 7 heteroatoms. The van der Waals surface area contributed by atoms with Gasteiger partial charge in [0.2, 0.25) is 0 Å². The van der Waals surface area contributed by atoms with Crippen molar-refractivity contribution in [3.05, 3.63) is 47.5 Å². The Labute approximate surface area is 121 Å². The van der Waals surface area contributed by atoms with E-state index >= 15 is 0 Å². The van der Waals surface area contributed by atoms with Crippen LogP contribution in [0.1, 0.15) is 21.7 Å². The molecule has 0 saturated carbocycles. The highest BCUT2D eigenvalue weighted by atomic mass is 16.5. The fraction of sp³-hybridized carbons (Fsp3) is 0.143. The Morgan fingerprint density at radius 2 is 2.33 bits per heavy atom. The number of ether oxygens (including phenoxy) is 1. The van der Waals surface area contributed by atoms with Gasteiger partial charge in [0.05, 0.1) is 13.4 Å². The number of methoxy groups -OCH3 is 1. The summed E-state index contributed by atoms with van der Waals surface area (Å²) in [6.07, 6.45) is 1.42. The molecule has 0 radical (unpaired) electrons. The lowest BCUT2D eigenvalue weighted by atomic mass is 10.1. The number of aromatic nitrogens is 2. The van der Waals surface area contributed by atoms with Crippen LogP contribution in [-0.4, -0.2) is 28.7 Å². The minimum atomic E-state index is -0.482. The van der Waals surface area contributed by atoms with Crippen molar-refractivity contribution >= 4 is 11.6 Å². The molecule has 0 unspecified atom stereocenters. The van der Waals surface area contributed by atoms with E-state index in [-0.39, 0.29) is 11.4 Å². The number of hydrogen-bond acceptors (Lipinski definition) is 5. The van der Waals surface area contributed by atoms with Crippen LogP contribution in [0.4, 0.5) is 0 Å². The molecular formula is C14H13N5O2. The van der Waals surface area contributed by atoms with Crippen molar-refractivity contribution in [2.24, 2.45) is 5.10 Å². The number of H-pyrrole nitrogens is 1. The zero-order valence-electron chi connectivity index (χ0n) is 11.5. The van der Waals surface area contributed by atoms with E-state index in [0.717, 1.165) is 0 Å². The Kier molecular flexibility index (Phi) is 4.31. The number of nitrogens with zero attached hydrogens (tertiary/aromatic N) is 3. The van der Waals surface area contributed by atoms with Gasteiger partial charge in [0.15, 0.2) is 11.4 Å². The van der Waals surface area contributed by atoms with Crippen LogP contribution < -0.4 is 10.2 Å². The average Bonchev–Trinajstić information content (AvgIpc) is 2.94. The molecule has 7 nitrogen and oxygen atoms in total. The number of amides is 1. The SMILES string of the molecule is COc1cccc(/C(C#N)=N/NC(=O)c2nc[nH]c2C)c1. The lowest BCUT2D eigenvalue weighted by Gasteiger charge is -2.03. The van der Waals surface area contributed by atoms with Crippen LogP contribution in [-0.2, 0) is 0 Å². The smallest absolute Gasteiger partial charge is 0.291 e. The first kappa shape index (κ1) is 14.3. The quantitative estimate of drug-likeness (QED) is 0.653. The Hall–Kier alpha value is -3.14. The van der Waals surface area contributed by atoms with Crippen LogP contribution in [0.5, 0.6) is 5.75 Å². The van der Waals surface area contributed by atoms with Gasteiger partial charge in [0, 0.05) is 11.3 Å². The van der Waals surface area contributed by atoms with E-state index in [9.17, 15) is 4.79 Å². The maximum Gasteiger partial charge on any atom is 0.291 e. The van der Waals surface area contributed by atoms with Crippen LogP contribution in [0.2, 0.25) is 0 Å². The van der Waals surface area contributed by atoms with Crippen molar-refractivity contribution in [3.63, 3.8) is 0 Å². The second-order valence-corrected chi connectivity index (χ2v) is 4.12. The number of hydrazone groups is 1. The first-order chi connectivity index (χ1) is 10.2. The molecule has 0 aliphatic rings. The maximum atomic E-state index is 11.9. The summed E-state index contributed by atoms with van der Waals surface area (Å²) >= 11 is 0. The first-order valence-corrected chi connectivity index (χ1v) is 6.08. The van der Waals surface area contributed by atoms with Crippen molar-refractivity contribution in [1.82, 2.24) is 15.4 Å². The van der Waals surface area contributed by atoms with Gasteiger partial charge in [-0.3, -0.25) is 4.79 Å². The molecule has 0 aliphatic carbocycles. The molecule has 0 spiro atoms. The van der Waals surface area contributed by atoms with E-state index in [0.29, 0.717) is 17.0 Å². The van der Waals surface area contributed by atoms with E-state index in [4.69, 9.17) is 10.00 Å². The number of carbonyl (C=O) groups excluding carboxylic acids is 1. The van der Waals surface area contributed by atoms with E-state index in [1.165, 1.54) is 13.4 Å². The number of carbonyl (C=O) groups is 1. The molecular weight excluding hydrogens is 270 g/mol. The van der Waals surface area contributed by atoms with Gasteiger partial charge in [-0.05, 0) is 19.1 Å². The van der Waals surface area contributed by atoms with E-state index in [1.54, 1.807) is 31.2 Å². The average molecular weight is 283 g/mol. The summed E-state index contributed by atoms with van der Waals surface area (Å²) in [6.45, 7) is 1.72. The third kappa shape index (κ3) is 3.25. The van der Waals surface area contributed by atoms with Gasteiger partial charge < -0.3 is 9.72 Å². The lowest BCUT2D eigenvalue weighted by Crippen LogP contribution is -2.21. The molecule has 106 valence electrons. The Balaban J connectivity index is 2.20. The lowest BCUT2D eigenvalue weighted by molar-refractivity contribution is 0.0950. The number of nitrogens with one attached hydrogen (secondary N) is 2. The molecule has 1 heterocycles. The van der Waals surface area contributed by atoms with Crippen molar-refractivity contribution < 1.29 is 9.53 Å². The number of aromatic amines is 1. The molecule has 1 aromatic heterocycles. The monoisotopic (exact) mass is 283 g/mol. The van der Waals surface area contributed by atoms with E-state index in [2.05, 4.69) is 20.5 Å². The van der Waals surface area contributed by atoms with Crippen LogP contribution in [0, 0.1) is 18.3 Å². The number of nitriles is 1. The summed E-state index contributed by atoms with van der Waals surface area (Å²) in [5.41, 5.74) is 3.81. The van der Waals surface area contributed by atoms with Gasteiger partial charge in [-0.15, -0.1) is 0 Å². The third-order valence-corrected chi connectivity index (χ3v) is 2.76. The third-order valence-electron chi connectivity index (χ3n) is 2.76. The molecule has 0 atom stereocenters. The predicted octanol–water partition coefficient (Wildman–Crippen LogP) is 1.38. The molecule has 2 N–H and O–H groups in total. The summed E-state index contributed by atoms with van der Waals surface area (Å²) in [5.74, 6) is 0.120. The zero-order valence-corrected chi connectivity index (χ0v) is 11.5. The molecule has 21 heavy (non-hydrogen) atoms. The normalized spacial score (nSPS) is 10.8. The topological polar surface area (TPSA) is 103 Å². The van der Waals surface area contributed by atoms with Gasteiger partial charge in [-0.25, -0.2) is 10.4 Å². The molecule has 1 amide bonds. The molecule has 0 fully saturated rings. The summed E-state index contributed by atoms with van der Waals surface area (Å²) in [5, 5.41) is 13.0. The molecule has 2 aromatic rings. The van der Waals surface area contributed by atoms with Gasteiger partial charge in [-0.2, -0.15) is 10.4 Å². The highest BCUT2D eigenvalue weighted by molar-refractivity contribution is 6.12. The fourth-order valence-electron chi connectivity index (χ4n) is 1.67. The standard InChI is InChI=1S/C14H13N5O2/c1-9-13(17-8-16-9)14(20)19-18-12(7-15)10-4-3-5-11(6-10)21-2/h3-6,8H,1-2H3,(H,16,17)(H,19,20)/b18-12+. The minimum Gasteiger partial charge on any atom is -0.497 e. The summed E-state index contributed by atoms with van der Waals surface area (Å²) in [4.78, 5) is 18.5. The number of imidazole rings is 1. The molecule has 0 aliphatic heterocycles. The van der Waals surface area contributed by atoms with Crippen molar-refractivity contribution in [2.75, 3.05) is 7.11 Å². The van der Waals surface area contributed by atoms with Crippen molar-refractivity contribution in [1.29, 1.82) is 5.26 Å². The molecule has 0 saturated heterocycles. The van der Waals surface area contributed by atoms with Crippen LogP contribution in [0.3, 0.4) is 0 Å². The Bertz CT molecular complexity index is 727. The van der Waals surface area contributed by atoms with Crippen molar-refractivity contribution in [2.45, 2.75) is 6.92 Å². The zero-order chi connectivity index (χ0) is 15.2. The van der Waals surface area contributed by atoms with E-state index in [1.807, 2.05) is 6.07 Å². The largest absolute Gasteiger partial charge is 0.497 e. The number of aryl methyl sites for hydroxylation is 1. The van der Waals surface area contributed by atoms with Gasteiger partial charge in [-0.1, -0.05) is 12.1 Å². The minimum absolute atomic E-state index is 0.0791. The second kappa shape index (κ2) is 6.34. The summed E-state index contributed by atoms with van der Waals surface area (Å²) in [7, 11) is 1.53. The number of rotatable bonds is 4. The highest BCUT2D eigenvalue weighted by Gasteiger charge is 2.11. The number of benzene rings is 1. The predicted molar refractivity (Wildman–Crippen MR) is 75.9 cm³/mol. The van der Waals surface area contributed by atoms with Crippen LogP contribution in [0.15, 0.2) is 35.7 Å². The van der Waals surface area contributed by atoms with Gasteiger partial charge in [0.25, 0.3) is 5.91 Å². The van der Waals surface area contributed by atoms with Gasteiger partial charge >= 0.3 is 0 Å². The van der Waals surface area contributed by atoms with Gasteiger partial charge in [0.1, 0.15) is 11.8 Å². The van der Waals surface area contributed by atoms with Crippen molar-refractivity contribution in [3.8, 4) is 11.8 Å². The summed E-state index contributed by atoms with van der Waals surface area (Å²) < 4.78 is 5.08. The Morgan fingerprint density at radius 3 is 2.95 bits per heavy atom. The van der Waals surface area contributed by atoms with E-state index < -0.39 is 5.91 Å².